The summed E-state index contributed by atoms with van der Waals surface area (Å²) in [7, 11) is 0. The lowest BCUT2D eigenvalue weighted by atomic mass is 10.3. The van der Waals surface area contributed by atoms with Crippen molar-refractivity contribution >= 4 is 159 Å². The molecule has 0 radical (unpaired) electrons. The highest BCUT2D eigenvalue weighted by atomic mass is 80.0. The Morgan fingerprint density at radius 2 is 0.789 bits per heavy atom. The second-order valence-electron chi connectivity index (χ2n) is 3.52. The van der Waals surface area contributed by atoms with Gasteiger partial charge in [0.1, 0.15) is 6.47 Å². The maximum atomic E-state index is 5.65. The molecule has 0 aliphatic rings. The molecule has 0 bridgehead atoms. The van der Waals surface area contributed by atoms with Crippen LogP contribution in [-0.2, 0) is 4.74 Å². The van der Waals surface area contributed by atoms with Crippen LogP contribution >= 0.6 is 159 Å². The molecule has 0 fully saturated rings. The Bertz CT molecular complexity index is 250. The topological polar surface area (TPSA) is 9.23 Å². The van der Waals surface area contributed by atoms with Crippen molar-refractivity contribution in [2.24, 2.45) is 0 Å². The summed E-state index contributed by atoms with van der Waals surface area (Å²) >= 11 is 35.2. The van der Waals surface area contributed by atoms with Crippen LogP contribution in [0.1, 0.15) is 12.8 Å². The van der Waals surface area contributed by atoms with Crippen molar-refractivity contribution in [1.29, 1.82) is 0 Å². The number of hydrogen-bond donors (Lipinski definition) is 0. The Kier molecular flexibility index (Phi) is 11.8. The summed E-state index contributed by atoms with van der Waals surface area (Å²) in [5.41, 5.74) is 0. The van der Waals surface area contributed by atoms with E-state index in [9.17, 15) is 0 Å². The highest BCUT2D eigenvalue weighted by molar-refractivity contribution is 9.42. The van der Waals surface area contributed by atoms with Crippen molar-refractivity contribution in [3.8, 4) is 0 Å². The largest absolute Gasteiger partial charge is 0.381 e. The van der Waals surface area contributed by atoms with Gasteiger partial charge in [-0.1, -0.05) is 159 Å². The maximum absolute atomic E-state index is 5.65. The van der Waals surface area contributed by atoms with Crippen LogP contribution in [-0.4, -0.2) is 24.0 Å². The third-order valence-corrected chi connectivity index (χ3v) is 16.4. The molecule has 11 heteroatoms. The lowest BCUT2D eigenvalue weighted by molar-refractivity contribution is 0.128. The van der Waals surface area contributed by atoms with Gasteiger partial charge in [-0.05, 0) is 12.8 Å². The van der Waals surface area contributed by atoms with E-state index in [1.807, 2.05) is 0 Å². The minimum absolute atomic E-state index is 0.350. The molecule has 0 atom stereocenters. The van der Waals surface area contributed by atoms with E-state index in [0.717, 1.165) is 12.8 Å². The first kappa shape index (κ1) is 23.8. The summed E-state index contributed by atoms with van der Waals surface area (Å²) in [4.78, 5) is 0. The van der Waals surface area contributed by atoms with Crippen molar-refractivity contribution in [2.75, 3.05) is 13.2 Å². The second kappa shape index (κ2) is 9.46. The molecule has 0 aliphatic heterocycles. The van der Waals surface area contributed by atoms with Crippen LogP contribution in [0.25, 0.3) is 0 Å². The van der Waals surface area contributed by atoms with Gasteiger partial charge >= 0.3 is 0 Å². The first-order chi connectivity index (χ1) is 8.21. The van der Waals surface area contributed by atoms with Crippen molar-refractivity contribution in [2.45, 2.75) is 23.6 Å². The Hall–Kier alpha value is 4.76. The first-order valence-corrected chi connectivity index (χ1v) is 12.6. The predicted octanol–water partition coefficient (Wildman–Crippen LogP) is 8.43. The molecular formula is C8H8Br10O. The van der Waals surface area contributed by atoms with Gasteiger partial charge in [0, 0.05) is 13.2 Å². The van der Waals surface area contributed by atoms with E-state index in [4.69, 9.17) is 4.74 Å². The van der Waals surface area contributed by atoms with Crippen molar-refractivity contribution in [3.05, 3.63) is 0 Å². The third-order valence-electron chi connectivity index (χ3n) is 1.95. The van der Waals surface area contributed by atoms with Gasteiger partial charge < -0.3 is 4.74 Å². The molecule has 0 rings (SSSR count). The molecule has 0 saturated carbocycles. The lowest BCUT2D eigenvalue weighted by Crippen LogP contribution is -2.31. The normalized spacial score (nSPS) is 14.8. The van der Waals surface area contributed by atoms with Crippen LogP contribution in [0.2, 0.25) is 0 Å². The van der Waals surface area contributed by atoms with E-state index in [1.165, 1.54) is 0 Å². The molecule has 0 aromatic rings. The van der Waals surface area contributed by atoms with Gasteiger partial charge in [-0.25, -0.2) is 0 Å². The van der Waals surface area contributed by atoms with Crippen LogP contribution < -0.4 is 0 Å². The van der Waals surface area contributed by atoms with Crippen LogP contribution in [0, 0.1) is 0 Å². The maximum Gasteiger partial charge on any atom is 0.159 e. The number of hydrogen-bond acceptors (Lipinski definition) is 1. The summed E-state index contributed by atoms with van der Waals surface area (Å²) in [5, 5.41) is 0. The van der Waals surface area contributed by atoms with Crippen molar-refractivity contribution in [1.82, 2.24) is 0 Å². The van der Waals surface area contributed by atoms with Crippen LogP contribution in [0.15, 0.2) is 0 Å². The number of alkyl halides is 10. The average molecular weight is 919 g/mol. The van der Waals surface area contributed by atoms with Crippen LogP contribution in [0.3, 0.4) is 0 Å². The fourth-order valence-electron chi connectivity index (χ4n) is 0.786. The van der Waals surface area contributed by atoms with Gasteiger partial charge in [-0.2, -0.15) is 0 Å². The molecular weight excluding hydrogens is 911 g/mol. The minimum atomic E-state index is -0.436. The van der Waals surface area contributed by atoms with E-state index in [-0.39, 0.29) is 6.47 Å². The molecule has 0 spiro atoms. The third kappa shape index (κ3) is 9.14. The number of ether oxygens (including phenoxy) is 1. The Balaban J connectivity index is 4.03. The quantitative estimate of drug-likeness (QED) is 0.192. The zero-order valence-corrected chi connectivity index (χ0v) is 24.9. The number of rotatable bonds is 6. The van der Waals surface area contributed by atoms with Crippen LogP contribution in [0.5, 0.6) is 0 Å². The SMILES string of the molecule is BrC(Br)(Br)C(Br)(Br)CCOCCC(Br)(Br)C(Br)(Br)Br. The molecule has 0 heterocycles. The van der Waals surface area contributed by atoms with Gasteiger partial charge in [0.05, 0.1) is 0 Å². The van der Waals surface area contributed by atoms with Gasteiger partial charge in [-0.3, -0.25) is 0 Å². The summed E-state index contributed by atoms with van der Waals surface area (Å²) in [6, 6.07) is 0. The van der Waals surface area contributed by atoms with E-state index in [1.54, 1.807) is 0 Å². The van der Waals surface area contributed by atoms with Crippen molar-refractivity contribution < 1.29 is 4.74 Å². The predicted molar refractivity (Wildman–Crippen MR) is 120 cm³/mol. The Morgan fingerprint density at radius 1 is 0.526 bits per heavy atom. The van der Waals surface area contributed by atoms with Gasteiger partial charge in [0.15, 0.2) is 4.29 Å². The highest BCUT2D eigenvalue weighted by Gasteiger charge is 2.43. The molecule has 0 aliphatic carbocycles. The molecule has 0 amide bonds. The molecule has 0 N–H and O–H groups in total. The van der Waals surface area contributed by atoms with Crippen molar-refractivity contribution in [3.63, 3.8) is 0 Å². The fraction of sp³-hybridized carbons (Fsp3) is 1.00. The Labute approximate surface area is 197 Å². The molecule has 0 aromatic heterocycles. The monoisotopic (exact) mass is 909 g/mol. The molecule has 1 nitrogen and oxygen atoms in total. The summed E-state index contributed by atoms with van der Waals surface area (Å²) in [6.07, 6.45) is 1.52. The van der Waals surface area contributed by atoms with Gasteiger partial charge in [-0.15, -0.1) is 0 Å². The zero-order chi connectivity index (χ0) is 15.5. The van der Waals surface area contributed by atoms with Gasteiger partial charge in [0.2, 0.25) is 0 Å². The van der Waals surface area contributed by atoms with Gasteiger partial charge in [0.25, 0.3) is 0 Å². The zero-order valence-electron chi connectivity index (χ0n) is 9.02. The summed E-state index contributed by atoms with van der Waals surface area (Å²) in [5.74, 6) is 0. The highest BCUT2D eigenvalue weighted by Crippen LogP contribution is 2.55. The van der Waals surface area contributed by atoms with E-state index in [0.29, 0.717) is 13.2 Å². The van der Waals surface area contributed by atoms with Crippen LogP contribution in [0.4, 0.5) is 0 Å². The average Bonchev–Trinajstić information content (AvgIpc) is 2.12. The van der Waals surface area contributed by atoms with E-state index >= 15 is 0 Å². The summed E-state index contributed by atoms with van der Waals surface area (Å²) < 4.78 is 4.08. The van der Waals surface area contributed by atoms with E-state index in [2.05, 4.69) is 159 Å². The number of halogens is 10. The molecule has 19 heavy (non-hydrogen) atoms. The smallest absolute Gasteiger partial charge is 0.159 e. The molecule has 0 aromatic carbocycles. The molecule has 0 saturated heterocycles. The first-order valence-electron chi connectivity index (χ1n) is 4.67. The summed E-state index contributed by atoms with van der Waals surface area (Å²) in [6.45, 7) is 1.22. The molecule has 0 unspecified atom stereocenters. The minimum Gasteiger partial charge on any atom is -0.381 e. The fourth-order valence-corrected chi connectivity index (χ4v) is 2.62. The second-order valence-corrected chi connectivity index (χ2v) is 24.6. The Morgan fingerprint density at radius 3 is 1.00 bits per heavy atom. The lowest BCUT2D eigenvalue weighted by Gasteiger charge is -2.31. The van der Waals surface area contributed by atoms with E-state index < -0.39 is 4.29 Å². The molecule has 116 valence electrons. The standard InChI is InChI=1S/C8H8Br10O/c9-5(10,7(13,14)15)1-3-19-4-2-6(11,12)8(16,17)18/h1-4H2.